The minimum Gasteiger partial charge on any atom is -0.381 e. The maximum absolute atomic E-state index is 12.8. The molecule has 2 N–H and O–H groups in total. The van der Waals surface area contributed by atoms with Crippen LogP contribution in [0, 0.1) is 20.8 Å². The number of carbonyl (C=O) groups excluding carboxylic acids is 1. The van der Waals surface area contributed by atoms with Crippen LogP contribution in [0.1, 0.15) is 39.8 Å². The number of aromatic nitrogens is 3. The molecule has 6 heteroatoms. The number of rotatable bonds is 7. The standard InChI is InChI=1S/C22H27N5O/c1-15-11-17(3)27(26-15)14-16(2)25-22(28)20-8-5-9-21(18(20)4)24-13-19-7-6-10-23-12-19/h5-12,16,24H,13-14H2,1-4H3,(H,25,28)/t16-/m0/s1. The first-order valence-electron chi connectivity index (χ1n) is 9.48. The second-order valence-electron chi connectivity index (χ2n) is 7.18. The van der Waals surface area contributed by atoms with Gasteiger partial charge in [-0.3, -0.25) is 14.5 Å². The van der Waals surface area contributed by atoms with Gasteiger partial charge in [-0.2, -0.15) is 5.10 Å². The maximum atomic E-state index is 12.8. The van der Waals surface area contributed by atoms with Crippen molar-refractivity contribution in [1.29, 1.82) is 0 Å². The average Bonchev–Trinajstić information content (AvgIpc) is 2.98. The average molecular weight is 377 g/mol. The number of aryl methyl sites for hydroxylation is 2. The van der Waals surface area contributed by atoms with Crippen molar-refractivity contribution in [2.45, 2.75) is 46.8 Å². The van der Waals surface area contributed by atoms with Crippen LogP contribution in [0.5, 0.6) is 0 Å². The molecule has 0 saturated carbocycles. The highest BCUT2D eigenvalue weighted by molar-refractivity contribution is 5.97. The summed E-state index contributed by atoms with van der Waals surface area (Å²) in [5.74, 6) is -0.0726. The zero-order valence-corrected chi connectivity index (χ0v) is 16.9. The molecule has 0 aliphatic rings. The van der Waals surface area contributed by atoms with E-state index in [4.69, 9.17) is 0 Å². The summed E-state index contributed by atoms with van der Waals surface area (Å²) in [6.45, 7) is 9.26. The Morgan fingerprint density at radius 3 is 2.68 bits per heavy atom. The minimum absolute atomic E-state index is 0.0306. The van der Waals surface area contributed by atoms with Gasteiger partial charge in [0.25, 0.3) is 5.91 Å². The highest BCUT2D eigenvalue weighted by Gasteiger charge is 2.15. The lowest BCUT2D eigenvalue weighted by Gasteiger charge is -2.17. The number of hydrogen-bond donors (Lipinski definition) is 2. The van der Waals surface area contributed by atoms with Crippen LogP contribution in [0.2, 0.25) is 0 Å². The number of amides is 1. The van der Waals surface area contributed by atoms with Crippen molar-refractivity contribution in [1.82, 2.24) is 20.1 Å². The van der Waals surface area contributed by atoms with Crippen molar-refractivity contribution in [2.75, 3.05) is 5.32 Å². The fraction of sp³-hybridized carbons (Fsp3) is 0.318. The highest BCUT2D eigenvalue weighted by Crippen LogP contribution is 2.20. The molecule has 1 amide bonds. The summed E-state index contributed by atoms with van der Waals surface area (Å²) in [5, 5.41) is 10.9. The summed E-state index contributed by atoms with van der Waals surface area (Å²) in [6, 6.07) is 11.7. The predicted octanol–water partition coefficient (Wildman–Crippen LogP) is 3.63. The second-order valence-corrected chi connectivity index (χ2v) is 7.18. The largest absolute Gasteiger partial charge is 0.381 e. The van der Waals surface area contributed by atoms with Gasteiger partial charge in [0.1, 0.15) is 0 Å². The van der Waals surface area contributed by atoms with E-state index in [9.17, 15) is 4.79 Å². The molecule has 0 radical (unpaired) electrons. The maximum Gasteiger partial charge on any atom is 0.251 e. The summed E-state index contributed by atoms with van der Waals surface area (Å²) in [5.41, 5.74) is 5.73. The van der Waals surface area contributed by atoms with Crippen LogP contribution in [0.3, 0.4) is 0 Å². The first-order valence-corrected chi connectivity index (χ1v) is 9.48. The zero-order chi connectivity index (χ0) is 20.1. The van der Waals surface area contributed by atoms with Crippen molar-refractivity contribution in [3.05, 3.63) is 76.9 Å². The van der Waals surface area contributed by atoms with Gasteiger partial charge in [-0.15, -0.1) is 0 Å². The Hall–Kier alpha value is -3.15. The summed E-state index contributed by atoms with van der Waals surface area (Å²) < 4.78 is 1.93. The number of carbonyl (C=O) groups is 1. The lowest BCUT2D eigenvalue weighted by Crippen LogP contribution is -2.36. The van der Waals surface area contributed by atoms with Crippen molar-refractivity contribution >= 4 is 11.6 Å². The minimum atomic E-state index is -0.0726. The van der Waals surface area contributed by atoms with Crippen LogP contribution < -0.4 is 10.6 Å². The van der Waals surface area contributed by atoms with Crippen LogP contribution in [-0.4, -0.2) is 26.7 Å². The van der Waals surface area contributed by atoms with E-state index in [-0.39, 0.29) is 11.9 Å². The number of anilines is 1. The quantitative estimate of drug-likeness (QED) is 0.659. The number of benzene rings is 1. The van der Waals surface area contributed by atoms with Crippen LogP contribution in [0.25, 0.3) is 0 Å². The predicted molar refractivity (Wildman–Crippen MR) is 111 cm³/mol. The third kappa shape index (κ3) is 4.76. The van der Waals surface area contributed by atoms with E-state index in [2.05, 4.69) is 20.7 Å². The van der Waals surface area contributed by atoms with E-state index < -0.39 is 0 Å². The number of nitrogens with zero attached hydrogens (tertiary/aromatic N) is 3. The lowest BCUT2D eigenvalue weighted by molar-refractivity contribution is 0.0935. The number of nitrogens with one attached hydrogen (secondary N) is 2. The Kier molecular flexibility index (Phi) is 6.09. The van der Waals surface area contributed by atoms with Gasteiger partial charge in [0.05, 0.1) is 12.2 Å². The van der Waals surface area contributed by atoms with E-state index in [1.165, 1.54) is 0 Å². The van der Waals surface area contributed by atoms with Gasteiger partial charge in [-0.25, -0.2) is 0 Å². The molecular formula is C22H27N5O. The molecule has 3 aromatic rings. The molecule has 1 atom stereocenters. The fourth-order valence-corrected chi connectivity index (χ4v) is 3.24. The summed E-state index contributed by atoms with van der Waals surface area (Å²) in [6.07, 6.45) is 3.59. The Morgan fingerprint density at radius 1 is 1.18 bits per heavy atom. The van der Waals surface area contributed by atoms with Gasteiger partial charge in [-0.05, 0) is 63.1 Å². The van der Waals surface area contributed by atoms with E-state index in [0.29, 0.717) is 18.7 Å². The molecule has 2 aromatic heterocycles. The SMILES string of the molecule is Cc1cc(C)n(C[C@H](C)NC(=O)c2cccc(NCc3cccnc3)c2C)n1. The number of pyridine rings is 1. The van der Waals surface area contributed by atoms with Gasteiger partial charge < -0.3 is 10.6 Å². The Balaban J connectivity index is 1.65. The van der Waals surface area contributed by atoms with Crippen molar-refractivity contribution in [3.63, 3.8) is 0 Å². The Labute approximate surface area is 166 Å². The van der Waals surface area contributed by atoms with Gasteiger partial charge in [-0.1, -0.05) is 12.1 Å². The first kappa shape index (κ1) is 19.6. The zero-order valence-electron chi connectivity index (χ0n) is 16.9. The molecule has 28 heavy (non-hydrogen) atoms. The number of hydrogen-bond acceptors (Lipinski definition) is 4. The van der Waals surface area contributed by atoms with Gasteiger partial charge in [0, 0.05) is 41.9 Å². The van der Waals surface area contributed by atoms with Crippen LogP contribution in [0.4, 0.5) is 5.69 Å². The van der Waals surface area contributed by atoms with Crippen LogP contribution in [0.15, 0.2) is 48.8 Å². The Morgan fingerprint density at radius 2 is 2.00 bits per heavy atom. The van der Waals surface area contributed by atoms with Gasteiger partial charge in [0.2, 0.25) is 0 Å². The van der Waals surface area contributed by atoms with Gasteiger partial charge in [0.15, 0.2) is 0 Å². The van der Waals surface area contributed by atoms with E-state index in [1.807, 2.05) is 75.0 Å². The monoisotopic (exact) mass is 377 g/mol. The topological polar surface area (TPSA) is 71.8 Å². The summed E-state index contributed by atoms with van der Waals surface area (Å²) in [7, 11) is 0. The van der Waals surface area contributed by atoms with E-state index >= 15 is 0 Å². The first-order chi connectivity index (χ1) is 13.4. The molecule has 0 bridgehead atoms. The third-order valence-corrected chi connectivity index (χ3v) is 4.71. The molecule has 0 unspecified atom stereocenters. The van der Waals surface area contributed by atoms with Crippen molar-refractivity contribution < 1.29 is 4.79 Å². The molecular weight excluding hydrogens is 350 g/mol. The normalized spacial score (nSPS) is 11.9. The molecule has 2 heterocycles. The molecule has 0 aliphatic carbocycles. The molecule has 0 spiro atoms. The third-order valence-electron chi connectivity index (χ3n) is 4.71. The highest BCUT2D eigenvalue weighted by atomic mass is 16.1. The molecule has 0 fully saturated rings. The second kappa shape index (κ2) is 8.69. The molecule has 6 nitrogen and oxygen atoms in total. The van der Waals surface area contributed by atoms with Crippen molar-refractivity contribution in [3.8, 4) is 0 Å². The van der Waals surface area contributed by atoms with Crippen LogP contribution in [-0.2, 0) is 13.1 Å². The van der Waals surface area contributed by atoms with E-state index in [1.54, 1.807) is 6.20 Å². The Bertz CT molecular complexity index is 949. The lowest BCUT2D eigenvalue weighted by atomic mass is 10.1. The smallest absolute Gasteiger partial charge is 0.251 e. The molecule has 0 aliphatic heterocycles. The van der Waals surface area contributed by atoms with Crippen molar-refractivity contribution in [2.24, 2.45) is 0 Å². The molecule has 1 aromatic carbocycles. The molecule has 3 rings (SSSR count). The molecule has 0 saturated heterocycles. The fourth-order valence-electron chi connectivity index (χ4n) is 3.24. The summed E-state index contributed by atoms with van der Waals surface area (Å²) >= 11 is 0. The van der Waals surface area contributed by atoms with E-state index in [0.717, 1.165) is 28.2 Å². The molecule has 146 valence electrons. The van der Waals surface area contributed by atoms with Gasteiger partial charge >= 0.3 is 0 Å². The summed E-state index contributed by atoms with van der Waals surface area (Å²) in [4.78, 5) is 16.9. The van der Waals surface area contributed by atoms with Crippen LogP contribution >= 0.6 is 0 Å².